The van der Waals surface area contributed by atoms with Gasteiger partial charge in [-0.05, 0) is 31.9 Å². The van der Waals surface area contributed by atoms with Crippen LogP contribution in [0, 0.1) is 6.92 Å². The standard InChI is InChI=1S/C19H26N2O2/c1-15-18(20-19(23-15)16-8-4-2-5-9-16)14-21(12-13-22)17-10-6-3-7-11-17/h2,4-5,8-9,17,22H,3,6-7,10-14H2,1H3. The van der Waals surface area contributed by atoms with Gasteiger partial charge in [-0.1, -0.05) is 37.5 Å². The van der Waals surface area contributed by atoms with E-state index in [1.165, 1.54) is 32.1 Å². The number of aromatic nitrogens is 1. The predicted molar refractivity (Wildman–Crippen MR) is 91.0 cm³/mol. The van der Waals surface area contributed by atoms with Crippen LogP contribution in [-0.4, -0.2) is 34.2 Å². The molecule has 23 heavy (non-hydrogen) atoms. The van der Waals surface area contributed by atoms with Gasteiger partial charge >= 0.3 is 0 Å². The van der Waals surface area contributed by atoms with Crippen LogP contribution in [0.2, 0.25) is 0 Å². The molecular weight excluding hydrogens is 288 g/mol. The number of aryl methyl sites for hydroxylation is 1. The van der Waals surface area contributed by atoms with E-state index in [1.54, 1.807) is 0 Å². The van der Waals surface area contributed by atoms with Gasteiger partial charge in [0, 0.05) is 24.7 Å². The Kier molecular flexibility index (Phi) is 5.47. The molecule has 1 aromatic carbocycles. The summed E-state index contributed by atoms with van der Waals surface area (Å²) in [6.07, 6.45) is 6.37. The number of rotatable bonds is 6. The molecule has 124 valence electrons. The van der Waals surface area contributed by atoms with Gasteiger partial charge in [-0.15, -0.1) is 0 Å². The van der Waals surface area contributed by atoms with Crippen LogP contribution in [0.15, 0.2) is 34.7 Å². The van der Waals surface area contributed by atoms with E-state index in [0.29, 0.717) is 18.5 Å². The molecule has 1 heterocycles. The Labute approximate surface area is 138 Å². The zero-order chi connectivity index (χ0) is 16.1. The van der Waals surface area contributed by atoms with Crippen molar-refractivity contribution in [3.8, 4) is 11.5 Å². The van der Waals surface area contributed by atoms with Crippen molar-refractivity contribution < 1.29 is 9.52 Å². The summed E-state index contributed by atoms with van der Waals surface area (Å²) in [5.41, 5.74) is 2.00. The van der Waals surface area contributed by atoms with E-state index in [9.17, 15) is 5.11 Å². The fourth-order valence-electron chi connectivity index (χ4n) is 3.44. The summed E-state index contributed by atoms with van der Waals surface area (Å²) >= 11 is 0. The molecule has 0 spiro atoms. The Morgan fingerprint density at radius 2 is 1.91 bits per heavy atom. The van der Waals surface area contributed by atoms with Crippen LogP contribution in [0.1, 0.15) is 43.6 Å². The summed E-state index contributed by atoms with van der Waals surface area (Å²) in [5, 5.41) is 9.41. The van der Waals surface area contributed by atoms with Crippen molar-refractivity contribution in [2.45, 2.75) is 51.6 Å². The van der Waals surface area contributed by atoms with Crippen LogP contribution in [0.3, 0.4) is 0 Å². The first-order valence-electron chi connectivity index (χ1n) is 8.64. The number of nitrogens with zero attached hydrogens (tertiary/aromatic N) is 2. The lowest BCUT2D eigenvalue weighted by Crippen LogP contribution is -2.38. The number of aliphatic hydroxyl groups is 1. The second kappa shape index (κ2) is 7.75. The van der Waals surface area contributed by atoms with E-state index < -0.39 is 0 Å². The van der Waals surface area contributed by atoms with Crippen LogP contribution in [0.4, 0.5) is 0 Å². The lowest BCUT2D eigenvalue weighted by molar-refractivity contribution is 0.115. The third kappa shape index (κ3) is 4.01. The maximum absolute atomic E-state index is 9.41. The minimum Gasteiger partial charge on any atom is -0.441 e. The van der Waals surface area contributed by atoms with Crippen LogP contribution in [0.25, 0.3) is 11.5 Å². The maximum atomic E-state index is 9.41. The Bertz CT molecular complexity index is 603. The van der Waals surface area contributed by atoms with Crippen molar-refractivity contribution in [1.82, 2.24) is 9.88 Å². The summed E-state index contributed by atoms with van der Waals surface area (Å²) in [4.78, 5) is 7.08. The first-order valence-corrected chi connectivity index (χ1v) is 8.64. The van der Waals surface area contributed by atoms with Crippen molar-refractivity contribution in [2.75, 3.05) is 13.2 Å². The Balaban J connectivity index is 1.76. The lowest BCUT2D eigenvalue weighted by Gasteiger charge is -2.33. The number of aliphatic hydroxyl groups excluding tert-OH is 1. The summed E-state index contributed by atoms with van der Waals surface area (Å²) in [6, 6.07) is 10.6. The predicted octanol–water partition coefficient (Wildman–Crippen LogP) is 3.78. The third-order valence-electron chi connectivity index (χ3n) is 4.74. The number of hydrogen-bond donors (Lipinski definition) is 1. The highest BCUT2D eigenvalue weighted by Gasteiger charge is 2.23. The molecule has 0 amide bonds. The third-order valence-corrected chi connectivity index (χ3v) is 4.74. The van der Waals surface area contributed by atoms with Gasteiger partial charge in [0.05, 0.1) is 12.3 Å². The van der Waals surface area contributed by atoms with E-state index >= 15 is 0 Å². The molecule has 0 aliphatic heterocycles. The zero-order valence-electron chi connectivity index (χ0n) is 13.9. The average molecular weight is 314 g/mol. The van der Waals surface area contributed by atoms with Gasteiger partial charge in [-0.2, -0.15) is 0 Å². The summed E-state index contributed by atoms with van der Waals surface area (Å²) in [7, 11) is 0. The smallest absolute Gasteiger partial charge is 0.226 e. The van der Waals surface area contributed by atoms with Crippen LogP contribution >= 0.6 is 0 Å². The SMILES string of the molecule is Cc1oc(-c2ccccc2)nc1CN(CCO)C1CCCCC1. The molecule has 1 aliphatic carbocycles. The van der Waals surface area contributed by atoms with Crippen LogP contribution in [0.5, 0.6) is 0 Å². The first kappa shape index (κ1) is 16.2. The van der Waals surface area contributed by atoms with Crippen molar-refractivity contribution in [3.63, 3.8) is 0 Å². The molecule has 0 radical (unpaired) electrons. The molecule has 4 nitrogen and oxygen atoms in total. The van der Waals surface area contributed by atoms with Gasteiger partial charge in [-0.3, -0.25) is 4.90 Å². The van der Waals surface area contributed by atoms with Crippen molar-refractivity contribution in [1.29, 1.82) is 0 Å². The van der Waals surface area contributed by atoms with E-state index in [1.807, 2.05) is 37.3 Å². The van der Waals surface area contributed by atoms with Gasteiger partial charge in [0.2, 0.25) is 5.89 Å². The minimum absolute atomic E-state index is 0.193. The number of benzene rings is 1. The molecule has 1 fully saturated rings. The van der Waals surface area contributed by atoms with Gasteiger partial charge < -0.3 is 9.52 Å². The second-order valence-electron chi connectivity index (χ2n) is 6.37. The molecule has 1 N–H and O–H groups in total. The maximum Gasteiger partial charge on any atom is 0.226 e. The monoisotopic (exact) mass is 314 g/mol. The molecule has 2 aromatic rings. The quantitative estimate of drug-likeness (QED) is 0.881. The van der Waals surface area contributed by atoms with E-state index in [2.05, 4.69) is 4.90 Å². The molecule has 4 heteroatoms. The molecule has 1 aromatic heterocycles. The van der Waals surface area contributed by atoms with Crippen LogP contribution < -0.4 is 0 Å². The summed E-state index contributed by atoms with van der Waals surface area (Å²) in [6.45, 7) is 3.64. The summed E-state index contributed by atoms with van der Waals surface area (Å²) in [5.74, 6) is 1.56. The molecular formula is C19H26N2O2. The Morgan fingerprint density at radius 1 is 1.17 bits per heavy atom. The largest absolute Gasteiger partial charge is 0.441 e. The highest BCUT2D eigenvalue weighted by atomic mass is 16.4. The highest BCUT2D eigenvalue weighted by Crippen LogP contribution is 2.26. The van der Waals surface area contributed by atoms with Crippen molar-refractivity contribution in [2.24, 2.45) is 0 Å². The molecule has 0 atom stereocenters. The lowest BCUT2D eigenvalue weighted by atomic mass is 9.94. The highest BCUT2D eigenvalue weighted by molar-refractivity contribution is 5.53. The number of oxazole rings is 1. The molecule has 1 saturated carbocycles. The summed E-state index contributed by atoms with van der Waals surface area (Å²) < 4.78 is 5.87. The van der Waals surface area contributed by atoms with Crippen molar-refractivity contribution in [3.05, 3.63) is 41.8 Å². The van der Waals surface area contributed by atoms with Gasteiger partial charge in [0.25, 0.3) is 0 Å². The van der Waals surface area contributed by atoms with Crippen LogP contribution in [-0.2, 0) is 6.54 Å². The average Bonchev–Trinajstić information content (AvgIpc) is 2.97. The molecule has 0 unspecified atom stereocenters. The Morgan fingerprint density at radius 3 is 2.61 bits per heavy atom. The number of hydrogen-bond acceptors (Lipinski definition) is 4. The van der Waals surface area contributed by atoms with Gasteiger partial charge in [0.15, 0.2) is 0 Å². The van der Waals surface area contributed by atoms with Crippen molar-refractivity contribution >= 4 is 0 Å². The fourth-order valence-corrected chi connectivity index (χ4v) is 3.44. The van der Waals surface area contributed by atoms with Gasteiger partial charge in [-0.25, -0.2) is 4.98 Å². The molecule has 0 saturated heterocycles. The minimum atomic E-state index is 0.193. The topological polar surface area (TPSA) is 49.5 Å². The van der Waals surface area contributed by atoms with E-state index in [4.69, 9.17) is 9.40 Å². The molecule has 0 bridgehead atoms. The Hall–Kier alpha value is -1.65. The normalized spacial score (nSPS) is 16.1. The molecule has 1 aliphatic rings. The van der Waals surface area contributed by atoms with E-state index in [0.717, 1.165) is 23.6 Å². The fraction of sp³-hybridized carbons (Fsp3) is 0.526. The molecule has 3 rings (SSSR count). The second-order valence-corrected chi connectivity index (χ2v) is 6.37. The zero-order valence-corrected chi connectivity index (χ0v) is 13.9. The first-order chi connectivity index (χ1) is 11.3. The van der Waals surface area contributed by atoms with E-state index in [-0.39, 0.29) is 6.61 Å². The van der Waals surface area contributed by atoms with Gasteiger partial charge in [0.1, 0.15) is 5.76 Å².